The first-order valence-corrected chi connectivity index (χ1v) is 13.1. The molecule has 0 saturated carbocycles. The van der Waals surface area contributed by atoms with E-state index < -0.39 is 5.91 Å². The lowest BCUT2D eigenvalue weighted by molar-refractivity contribution is -0.123. The van der Waals surface area contributed by atoms with Crippen molar-refractivity contribution < 1.29 is 19.1 Å². The molecule has 190 valence electrons. The van der Waals surface area contributed by atoms with Crippen molar-refractivity contribution in [3.05, 3.63) is 109 Å². The molecule has 0 aromatic heterocycles. The zero-order valence-electron chi connectivity index (χ0n) is 19.8. The van der Waals surface area contributed by atoms with Crippen molar-refractivity contribution in [2.75, 3.05) is 7.11 Å². The fraction of sp³-hybridized carbons (Fsp3) is 0.143. The largest absolute Gasteiger partial charge is 0.493 e. The molecule has 0 aliphatic carbocycles. The molecule has 0 atom stereocenters. The molecule has 0 radical (unpaired) electrons. The summed E-state index contributed by atoms with van der Waals surface area (Å²) in [5.41, 5.74) is 3.12. The minimum atomic E-state index is -0.395. The van der Waals surface area contributed by atoms with Gasteiger partial charge in [0.1, 0.15) is 6.61 Å². The maximum atomic E-state index is 13.1. The number of allylic oxidation sites excluding steroid dienone is 1. The van der Waals surface area contributed by atoms with E-state index in [4.69, 9.17) is 44.3 Å². The SMILES string of the molecule is C=CCc1cc(/C=C2\SC(=O)N(Cc3ccc(Cl)cc3Cl)C2=O)cc(OC)c1OCc1ccc(Cl)cc1. The van der Waals surface area contributed by atoms with Crippen LogP contribution in [0.3, 0.4) is 0 Å². The van der Waals surface area contributed by atoms with Crippen LogP contribution in [-0.2, 0) is 24.4 Å². The Kier molecular flexibility index (Phi) is 8.87. The lowest BCUT2D eigenvalue weighted by atomic mass is 10.0. The average molecular weight is 575 g/mol. The van der Waals surface area contributed by atoms with Crippen molar-refractivity contribution in [1.82, 2.24) is 4.90 Å². The van der Waals surface area contributed by atoms with Gasteiger partial charge < -0.3 is 9.47 Å². The Morgan fingerprint density at radius 3 is 2.38 bits per heavy atom. The fourth-order valence-electron chi connectivity index (χ4n) is 3.73. The highest BCUT2D eigenvalue weighted by atomic mass is 35.5. The second-order valence-electron chi connectivity index (χ2n) is 8.12. The van der Waals surface area contributed by atoms with E-state index in [-0.39, 0.29) is 11.8 Å². The van der Waals surface area contributed by atoms with Crippen LogP contribution in [0.15, 0.2) is 72.2 Å². The topological polar surface area (TPSA) is 55.8 Å². The number of nitrogens with zero attached hydrogens (tertiary/aromatic N) is 1. The third-order valence-corrected chi connectivity index (χ3v) is 7.30. The van der Waals surface area contributed by atoms with Gasteiger partial charge in [-0.25, -0.2) is 0 Å². The summed E-state index contributed by atoms with van der Waals surface area (Å²) in [6.07, 6.45) is 3.95. The van der Waals surface area contributed by atoms with Gasteiger partial charge in [-0.05, 0) is 77.3 Å². The molecule has 0 spiro atoms. The molecule has 1 aliphatic heterocycles. The van der Waals surface area contributed by atoms with E-state index in [0.717, 1.165) is 27.8 Å². The Morgan fingerprint density at radius 1 is 0.973 bits per heavy atom. The highest BCUT2D eigenvalue weighted by molar-refractivity contribution is 8.18. The van der Waals surface area contributed by atoms with Crippen LogP contribution >= 0.6 is 46.6 Å². The van der Waals surface area contributed by atoms with E-state index in [9.17, 15) is 9.59 Å². The lowest BCUT2D eigenvalue weighted by Crippen LogP contribution is -2.27. The van der Waals surface area contributed by atoms with Crippen LogP contribution in [0.5, 0.6) is 11.5 Å². The molecule has 0 N–H and O–H groups in total. The van der Waals surface area contributed by atoms with Crippen molar-refractivity contribution in [3.63, 3.8) is 0 Å². The number of ether oxygens (including phenoxy) is 2. The fourth-order valence-corrected chi connectivity index (χ4v) is 5.17. The van der Waals surface area contributed by atoms with Gasteiger partial charge in [0.05, 0.1) is 18.6 Å². The standard InChI is InChI=1S/C28H22Cl3NO4S/c1-3-4-19-11-18(12-24(35-2)26(19)36-16-17-5-8-21(29)9-6-17)13-25-27(33)32(28(34)37-25)15-20-7-10-22(30)14-23(20)31/h3,5-14H,1,4,15-16H2,2H3/b25-13-. The number of benzene rings is 3. The minimum Gasteiger partial charge on any atom is -0.493 e. The maximum absolute atomic E-state index is 13.1. The summed E-state index contributed by atoms with van der Waals surface area (Å²) in [4.78, 5) is 27.2. The number of imide groups is 1. The first-order chi connectivity index (χ1) is 17.8. The first-order valence-electron chi connectivity index (χ1n) is 11.2. The Balaban J connectivity index is 1.59. The second-order valence-corrected chi connectivity index (χ2v) is 10.4. The summed E-state index contributed by atoms with van der Waals surface area (Å²) in [5, 5.41) is 1.15. The first kappa shape index (κ1) is 27.1. The number of rotatable bonds is 9. The summed E-state index contributed by atoms with van der Waals surface area (Å²) < 4.78 is 11.7. The molecule has 1 heterocycles. The predicted molar refractivity (Wildman–Crippen MR) is 151 cm³/mol. The van der Waals surface area contributed by atoms with Crippen LogP contribution in [0.2, 0.25) is 15.1 Å². The molecule has 3 aromatic rings. The monoisotopic (exact) mass is 573 g/mol. The number of halogens is 3. The van der Waals surface area contributed by atoms with Crippen molar-refractivity contribution in [2.45, 2.75) is 19.6 Å². The van der Waals surface area contributed by atoms with Gasteiger partial charge in [-0.2, -0.15) is 0 Å². The van der Waals surface area contributed by atoms with Gasteiger partial charge in [0.15, 0.2) is 11.5 Å². The smallest absolute Gasteiger partial charge is 0.293 e. The summed E-state index contributed by atoms with van der Waals surface area (Å²) in [5.74, 6) is 0.694. The molecular weight excluding hydrogens is 553 g/mol. The van der Waals surface area contributed by atoms with Crippen LogP contribution in [0.4, 0.5) is 4.79 Å². The highest BCUT2D eigenvalue weighted by Gasteiger charge is 2.35. The molecule has 1 saturated heterocycles. The second kappa shape index (κ2) is 12.1. The summed E-state index contributed by atoms with van der Waals surface area (Å²) in [7, 11) is 1.55. The summed E-state index contributed by atoms with van der Waals surface area (Å²) in [6.45, 7) is 4.22. The number of methoxy groups -OCH3 is 1. The number of hydrogen-bond acceptors (Lipinski definition) is 5. The Labute approximate surface area is 234 Å². The van der Waals surface area contributed by atoms with E-state index >= 15 is 0 Å². The van der Waals surface area contributed by atoms with Gasteiger partial charge in [-0.1, -0.05) is 59.1 Å². The van der Waals surface area contributed by atoms with Crippen molar-refractivity contribution >= 4 is 63.8 Å². The van der Waals surface area contributed by atoms with E-state index in [1.165, 1.54) is 0 Å². The third-order valence-electron chi connectivity index (χ3n) is 5.55. The number of carbonyl (C=O) groups excluding carboxylic acids is 2. The van der Waals surface area contributed by atoms with E-state index in [1.807, 2.05) is 18.2 Å². The molecule has 37 heavy (non-hydrogen) atoms. The molecule has 3 aromatic carbocycles. The van der Waals surface area contributed by atoms with E-state index in [1.54, 1.807) is 55.7 Å². The molecule has 1 aliphatic rings. The number of hydrogen-bond donors (Lipinski definition) is 0. The van der Waals surface area contributed by atoms with Gasteiger partial charge in [0, 0.05) is 20.6 Å². The van der Waals surface area contributed by atoms with Crippen molar-refractivity contribution in [2.24, 2.45) is 0 Å². The lowest BCUT2D eigenvalue weighted by Gasteiger charge is -2.16. The van der Waals surface area contributed by atoms with Gasteiger partial charge in [0.25, 0.3) is 11.1 Å². The minimum absolute atomic E-state index is 0.0561. The molecule has 0 unspecified atom stereocenters. The van der Waals surface area contributed by atoms with E-state index in [0.29, 0.717) is 55.6 Å². The molecule has 1 fully saturated rings. The predicted octanol–water partition coefficient (Wildman–Crippen LogP) is 8.20. The third kappa shape index (κ3) is 6.51. The summed E-state index contributed by atoms with van der Waals surface area (Å²) in [6, 6.07) is 16.0. The van der Waals surface area contributed by atoms with Crippen LogP contribution in [0.1, 0.15) is 22.3 Å². The average Bonchev–Trinajstić information content (AvgIpc) is 3.13. The van der Waals surface area contributed by atoms with Crippen LogP contribution in [0, 0.1) is 0 Å². The zero-order valence-corrected chi connectivity index (χ0v) is 22.9. The highest BCUT2D eigenvalue weighted by Crippen LogP contribution is 2.38. The Morgan fingerprint density at radius 2 is 1.70 bits per heavy atom. The molecule has 5 nitrogen and oxygen atoms in total. The number of thioether (sulfide) groups is 1. The van der Waals surface area contributed by atoms with Gasteiger partial charge in [-0.3, -0.25) is 14.5 Å². The van der Waals surface area contributed by atoms with Gasteiger partial charge in [-0.15, -0.1) is 6.58 Å². The van der Waals surface area contributed by atoms with Crippen molar-refractivity contribution in [3.8, 4) is 11.5 Å². The molecule has 2 amide bonds. The molecule has 0 bridgehead atoms. The van der Waals surface area contributed by atoms with Crippen LogP contribution < -0.4 is 9.47 Å². The Hall–Kier alpha value is -2.90. The summed E-state index contributed by atoms with van der Waals surface area (Å²) >= 11 is 19.0. The van der Waals surface area contributed by atoms with Gasteiger partial charge in [0.2, 0.25) is 0 Å². The quantitative estimate of drug-likeness (QED) is 0.190. The maximum Gasteiger partial charge on any atom is 0.293 e. The molecule has 9 heteroatoms. The normalized spacial score (nSPS) is 14.4. The molecular formula is C28H22Cl3NO4S. The van der Waals surface area contributed by atoms with Crippen molar-refractivity contribution in [1.29, 1.82) is 0 Å². The van der Waals surface area contributed by atoms with E-state index in [2.05, 4.69) is 6.58 Å². The molecule has 4 rings (SSSR count). The Bertz CT molecular complexity index is 1390. The number of carbonyl (C=O) groups is 2. The zero-order chi connectivity index (χ0) is 26.5. The number of amides is 2. The van der Waals surface area contributed by atoms with Crippen LogP contribution in [-0.4, -0.2) is 23.2 Å². The van der Waals surface area contributed by atoms with Gasteiger partial charge >= 0.3 is 0 Å². The van der Waals surface area contributed by atoms with Crippen LogP contribution in [0.25, 0.3) is 6.08 Å².